The molecule has 0 bridgehead atoms. The van der Waals surface area contributed by atoms with Crippen molar-refractivity contribution < 1.29 is 9.72 Å². The Bertz CT molecular complexity index is 715. The minimum atomic E-state index is -0.645. The number of nitro benzene ring substituents is 1. The molecule has 0 atom stereocenters. The van der Waals surface area contributed by atoms with Crippen LogP contribution in [0.5, 0.6) is 0 Å². The van der Waals surface area contributed by atoms with Gasteiger partial charge in [0.1, 0.15) is 0 Å². The molecule has 0 aliphatic rings. The van der Waals surface area contributed by atoms with Gasteiger partial charge in [0.15, 0.2) is 0 Å². The molecule has 0 spiro atoms. The summed E-state index contributed by atoms with van der Waals surface area (Å²) in [6, 6.07) is 2.17. The van der Waals surface area contributed by atoms with Crippen molar-refractivity contribution in [2.24, 2.45) is 0 Å². The van der Waals surface area contributed by atoms with Crippen LogP contribution >= 0.6 is 23.2 Å². The highest BCUT2D eigenvalue weighted by atomic mass is 35.5. The summed E-state index contributed by atoms with van der Waals surface area (Å²) in [6.07, 6.45) is 3.10. The van der Waals surface area contributed by atoms with E-state index in [2.05, 4.69) is 10.4 Å². The van der Waals surface area contributed by atoms with Crippen LogP contribution in [0.2, 0.25) is 10.0 Å². The number of nitrogens with one attached hydrogen (secondary N) is 1. The molecule has 1 heterocycles. The van der Waals surface area contributed by atoms with E-state index in [-0.39, 0.29) is 21.3 Å². The van der Waals surface area contributed by atoms with Gasteiger partial charge in [-0.05, 0) is 6.92 Å². The van der Waals surface area contributed by atoms with E-state index in [1.165, 1.54) is 6.20 Å². The lowest BCUT2D eigenvalue weighted by molar-refractivity contribution is -0.384. The summed E-state index contributed by atoms with van der Waals surface area (Å²) in [7, 11) is 0. The quantitative estimate of drug-likeness (QED) is 0.688. The number of nitro groups is 1. The van der Waals surface area contributed by atoms with Crippen molar-refractivity contribution in [2.75, 3.05) is 5.32 Å². The molecule has 1 aromatic heterocycles. The molecule has 110 valence electrons. The zero-order chi connectivity index (χ0) is 15.6. The first-order valence-electron chi connectivity index (χ1n) is 5.89. The average Bonchev–Trinajstić information content (AvgIpc) is 2.88. The minimum absolute atomic E-state index is 0.0392. The second-order valence-electron chi connectivity index (χ2n) is 4.09. The number of carbonyl (C=O) groups is 1. The topological polar surface area (TPSA) is 90.1 Å². The van der Waals surface area contributed by atoms with E-state index in [4.69, 9.17) is 23.2 Å². The van der Waals surface area contributed by atoms with E-state index >= 15 is 0 Å². The Labute approximate surface area is 129 Å². The molecule has 1 N–H and O–H groups in total. The van der Waals surface area contributed by atoms with Gasteiger partial charge in [0.25, 0.3) is 11.6 Å². The second-order valence-corrected chi connectivity index (χ2v) is 4.87. The molecule has 0 aliphatic heterocycles. The highest BCUT2D eigenvalue weighted by Crippen LogP contribution is 2.31. The van der Waals surface area contributed by atoms with Crippen molar-refractivity contribution in [1.29, 1.82) is 0 Å². The maximum Gasteiger partial charge on any atom is 0.271 e. The molecular weight excluding hydrogens is 319 g/mol. The van der Waals surface area contributed by atoms with Crippen LogP contribution < -0.4 is 5.32 Å². The number of aryl methyl sites for hydroxylation is 1. The van der Waals surface area contributed by atoms with Gasteiger partial charge in [0.2, 0.25) is 0 Å². The van der Waals surface area contributed by atoms with E-state index in [0.717, 1.165) is 12.1 Å². The van der Waals surface area contributed by atoms with Crippen LogP contribution in [0.3, 0.4) is 0 Å². The SMILES string of the molecule is CCn1cc(NC(=O)c2cc([N+](=O)[O-])cc(Cl)c2Cl)cn1. The lowest BCUT2D eigenvalue weighted by Crippen LogP contribution is -2.12. The Morgan fingerprint density at radius 3 is 2.76 bits per heavy atom. The Morgan fingerprint density at radius 2 is 2.19 bits per heavy atom. The van der Waals surface area contributed by atoms with Crippen LogP contribution in [0.25, 0.3) is 0 Å². The predicted molar refractivity (Wildman–Crippen MR) is 79.0 cm³/mol. The molecule has 1 aromatic carbocycles. The summed E-state index contributed by atoms with van der Waals surface area (Å²) < 4.78 is 1.62. The first kappa shape index (κ1) is 15.3. The van der Waals surface area contributed by atoms with Crippen LogP contribution in [-0.4, -0.2) is 20.6 Å². The molecule has 9 heteroatoms. The van der Waals surface area contributed by atoms with Crippen molar-refractivity contribution >= 4 is 40.5 Å². The number of non-ortho nitro benzene ring substituents is 1. The number of halogens is 2. The molecule has 2 rings (SSSR count). The number of anilines is 1. The summed E-state index contributed by atoms with van der Waals surface area (Å²) >= 11 is 11.7. The summed E-state index contributed by atoms with van der Waals surface area (Å²) in [5.74, 6) is -0.596. The Morgan fingerprint density at radius 1 is 1.48 bits per heavy atom. The Hall–Kier alpha value is -2.12. The smallest absolute Gasteiger partial charge is 0.271 e. The monoisotopic (exact) mass is 328 g/mol. The molecule has 0 radical (unpaired) electrons. The molecule has 0 fully saturated rings. The molecule has 0 unspecified atom stereocenters. The predicted octanol–water partition coefficient (Wildman–Crippen LogP) is 3.37. The molecular formula is C12H10Cl2N4O3. The number of nitrogens with zero attached hydrogens (tertiary/aromatic N) is 3. The fraction of sp³-hybridized carbons (Fsp3) is 0.167. The van der Waals surface area contributed by atoms with Crippen LogP contribution in [0.4, 0.5) is 11.4 Å². The number of hydrogen-bond donors (Lipinski definition) is 1. The van der Waals surface area contributed by atoms with Crippen molar-refractivity contribution in [1.82, 2.24) is 9.78 Å². The summed E-state index contributed by atoms with van der Waals surface area (Å²) in [4.78, 5) is 22.3. The van der Waals surface area contributed by atoms with Gasteiger partial charge < -0.3 is 5.32 Å². The third-order valence-electron chi connectivity index (χ3n) is 2.68. The fourth-order valence-corrected chi connectivity index (χ4v) is 2.05. The van der Waals surface area contributed by atoms with Crippen molar-refractivity contribution in [3.05, 3.63) is 50.2 Å². The van der Waals surface area contributed by atoms with Crippen LogP contribution in [0, 0.1) is 10.1 Å². The summed E-state index contributed by atoms with van der Waals surface area (Å²) in [5, 5.41) is 17.3. The number of amides is 1. The zero-order valence-corrected chi connectivity index (χ0v) is 12.4. The normalized spacial score (nSPS) is 10.4. The number of rotatable bonds is 4. The van der Waals surface area contributed by atoms with Gasteiger partial charge in [-0.1, -0.05) is 23.2 Å². The molecule has 1 amide bonds. The number of carbonyl (C=O) groups excluding carboxylic acids is 1. The van der Waals surface area contributed by atoms with E-state index in [1.54, 1.807) is 10.9 Å². The zero-order valence-electron chi connectivity index (χ0n) is 10.8. The number of aromatic nitrogens is 2. The van der Waals surface area contributed by atoms with Crippen molar-refractivity contribution in [2.45, 2.75) is 13.5 Å². The average molecular weight is 329 g/mol. The Kier molecular flexibility index (Phi) is 4.44. The van der Waals surface area contributed by atoms with E-state index < -0.39 is 10.8 Å². The van der Waals surface area contributed by atoms with Crippen molar-refractivity contribution in [3.63, 3.8) is 0 Å². The Balaban J connectivity index is 2.32. The third kappa shape index (κ3) is 3.32. The van der Waals surface area contributed by atoms with Gasteiger partial charge in [0, 0.05) is 24.9 Å². The summed E-state index contributed by atoms with van der Waals surface area (Å²) in [6.45, 7) is 2.55. The lowest BCUT2D eigenvalue weighted by atomic mass is 10.2. The van der Waals surface area contributed by atoms with Gasteiger partial charge in [-0.25, -0.2) is 0 Å². The third-order valence-corrected chi connectivity index (χ3v) is 3.49. The van der Waals surface area contributed by atoms with Crippen molar-refractivity contribution in [3.8, 4) is 0 Å². The van der Waals surface area contributed by atoms with E-state index in [9.17, 15) is 14.9 Å². The first-order chi connectivity index (χ1) is 9.92. The number of benzene rings is 1. The van der Waals surface area contributed by atoms with Gasteiger partial charge in [0.05, 0.1) is 32.4 Å². The van der Waals surface area contributed by atoms with E-state index in [1.807, 2.05) is 6.92 Å². The fourth-order valence-electron chi connectivity index (χ4n) is 1.64. The van der Waals surface area contributed by atoms with Crippen LogP contribution in [-0.2, 0) is 6.54 Å². The van der Waals surface area contributed by atoms with Gasteiger partial charge in [-0.3, -0.25) is 19.6 Å². The lowest BCUT2D eigenvalue weighted by Gasteiger charge is -2.06. The number of hydrogen-bond acceptors (Lipinski definition) is 4. The standard InChI is InChI=1S/C12H10Cl2N4O3/c1-2-17-6-7(5-15-17)16-12(19)9-3-8(18(20)21)4-10(13)11(9)14/h3-6H,2H2,1H3,(H,16,19). The molecule has 21 heavy (non-hydrogen) atoms. The molecule has 2 aromatic rings. The molecule has 0 aliphatic carbocycles. The maximum absolute atomic E-state index is 12.1. The van der Waals surface area contributed by atoms with Gasteiger partial charge in [-0.2, -0.15) is 5.10 Å². The highest BCUT2D eigenvalue weighted by Gasteiger charge is 2.19. The minimum Gasteiger partial charge on any atom is -0.319 e. The molecule has 0 saturated carbocycles. The van der Waals surface area contributed by atoms with Crippen LogP contribution in [0.1, 0.15) is 17.3 Å². The van der Waals surface area contributed by atoms with Crippen LogP contribution in [0.15, 0.2) is 24.5 Å². The highest BCUT2D eigenvalue weighted by molar-refractivity contribution is 6.44. The van der Waals surface area contributed by atoms with Gasteiger partial charge >= 0.3 is 0 Å². The molecule has 7 nitrogen and oxygen atoms in total. The first-order valence-corrected chi connectivity index (χ1v) is 6.65. The summed E-state index contributed by atoms with van der Waals surface area (Å²) in [5.41, 5.74) is 0.0828. The van der Waals surface area contributed by atoms with E-state index in [0.29, 0.717) is 12.2 Å². The maximum atomic E-state index is 12.1. The molecule has 0 saturated heterocycles. The largest absolute Gasteiger partial charge is 0.319 e. The second kappa shape index (κ2) is 6.11. The van der Waals surface area contributed by atoms with Gasteiger partial charge in [-0.15, -0.1) is 0 Å².